The maximum Gasteiger partial charge on any atom is 0.245 e. The van der Waals surface area contributed by atoms with E-state index in [2.05, 4.69) is 25.5 Å². The van der Waals surface area contributed by atoms with Crippen molar-refractivity contribution < 1.29 is 23.4 Å². The van der Waals surface area contributed by atoms with E-state index in [-0.39, 0.29) is 34.8 Å². The van der Waals surface area contributed by atoms with Crippen LogP contribution in [0.15, 0.2) is 47.5 Å². The molecule has 1 fully saturated rings. The lowest BCUT2D eigenvalue weighted by Gasteiger charge is -2.27. The predicted octanol–water partition coefficient (Wildman–Crippen LogP) is 3.55. The molecule has 0 unspecified atom stereocenters. The number of aromatic nitrogens is 2. The number of fused-ring (bicyclic) bond motifs is 1. The summed E-state index contributed by atoms with van der Waals surface area (Å²) in [6, 6.07) is 10.6. The topological polar surface area (TPSA) is 140 Å². The Morgan fingerprint density at radius 1 is 1.10 bits per heavy atom. The average Bonchev–Trinajstić information content (AvgIpc) is 3.30. The Labute approximate surface area is 251 Å². The highest BCUT2D eigenvalue weighted by molar-refractivity contribution is 7.89. The zero-order valence-corrected chi connectivity index (χ0v) is 25.5. The van der Waals surface area contributed by atoms with E-state index in [1.165, 1.54) is 27.7 Å². The quantitative estimate of drug-likeness (QED) is 0.282. The number of sulfonamides is 1. The van der Waals surface area contributed by atoms with E-state index in [1.807, 2.05) is 26.0 Å². The molecule has 3 aromatic rings. The van der Waals surface area contributed by atoms with Crippen LogP contribution < -0.4 is 15.4 Å². The summed E-state index contributed by atoms with van der Waals surface area (Å²) in [5.41, 5.74) is 2.60. The second-order valence-electron chi connectivity index (χ2n) is 11.4. The molecule has 0 amide bonds. The van der Waals surface area contributed by atoms with Crippen molar-refractivity contribution in [3.8, 4) is 5.75 Å². The average molecular weight is 617 g/mol. The summed E-state index contributed by atoms with van der Waals surface area (Å²) in [6.07, 6.45) is 2.82. The van der Waals surface area contributed by atoms with Gasteiger partial charge < -0.3 is 25.6 Å². The standard InChI is InChI=1S/C29H37ClN6O5S/c1-29(2,38)18-35-11-8-19-14-24(25(41-3)15-20(19)9-12-35)33-28-31-16-22(30)27(34-28)32-23-6-4-5-7-26(23)42(39,40)36-13-10-21(37)17-36/h4-7,14-16,21,37-38H,8-13,17-18H2,1-3H3,(H2,31,32,33,34)/t21-/m0/s1. The number of anilines is 4. The van der Waals surface area contributed by atoms with E-state index >= 15 is 0 Å². The minimum atomic E-state index is -3.85. The lowest BCUT2D eigenvalue weighted by atomic mass is 10.0. The number of β-amino-alcohol motifs (C(OH)–C–C–N with tert-alkyl or cyclic N) is 2. The van der Waals surface area contributed by atoms with E-state index in [0.29, 0.717) is 30.1 Å². The van der Waals surface area contributed by atoms with Crippen molar-refractivity contribution in [3.63, 3.8) is 0 Å². The predicted molar refractivity (Wildman–Crippen MR) is 163 cm³/mol. The molecule has 226 valence electrons. The van der Waals surface area contributed by atoms with Gasteiger partial charge in [-0.1, -0.05) is 23.7 Å². The summed E-state index contributed by atoms with van der Waals surface area (Å²) in [6.45, 7) is 6.22. The molecule has 0 bridgehead atoms. The van der Waals surface area contributed by atoms with Crippen LogP contribution in [0.4, 0.5) is 23.1 Å². The van der Waals surface area contributed by atoms with Gasteiger partial charge in [0.2, 0.25) is 16.0 Å². The van der Waals surface area contributed by atoms with Crippen LogP contribution in [0.25, 0.3) is 0 Å². The third-order valence-corrected chi connectivity index (χ3v) is 9.60. The molecule has 11 nitrogen and oxygen atoms in total. The first-order valence-electron chi connectivity index (χ1n) is 13.9. The second-order valence-corrected chi connectivity index (χ2v) is 13.7. The molecule has 2 aliphatic heterocycles. The molecule has 0 spiro atoms. The van der Waals surface area contributed by atoms with Gasteiger partial charge in [0.1, 0.15) is 15.7 Å². The number of nitrogens with zero attached hydrogens (tertiary/aromatic N) is 4. The highest BCUT2D eigenvalue weighted by atomic mass is 35.5. The molecular formula is C29H37ClN6O5S. The molecule has 0 saturated carbocycles. The van der Waals surface area contributed by atoms with Crippen molar-refractivity contribution in [1.82, 2.24) is 19.2 Å². The zero-order valence-electron chi connectivity index (χ0n) is 24.0. The van der Waals surface area contributed by atoms with Crippen LogP contribution in [0.3, 0.4) is 0 Å². The number of ether oxygens (including phenoxy) is 1. The third kappa shape index (κ3) is 6.96. The van der Waals surface area contributed by atoms with Crippen LogP contribution in [-0.4, -0.2) is 89.3 Å². The largest absolute Gasteiger partial charge is 0.495 e. The highest BCUT2D eigenvalue weighted by Crippen LogP contribution is 2.34. The number of halogens is 1. The molecule has 1 atom stereocenters. The summed E-state index contributed by atoms with van der Waals surface area (Å²) in [5, 5.41) is 26.7. The summed E-state index contributed by atoms with van der Waals surface area (Å²) < 4.78 is 33.7. The smallest absolute Gasteiger partial charge is 0.245 e. The normalized spacial score (nSPS) is 18.4. The van der Waals surface area contributed by atoms with Crippen molar-refractivity contribution in [2.45, 2.75) is 49.7 Å². The summed E-state index contributed by atoms with van der Waals surface area (Å²) in [7, 11) is -2.25. The van der Waals surface area contributed by atoms with Gasteiger partial charge in [0.25, 0.3) is 0 Å². The fourth-order valence-electron chi connectivity index (χ4n) is 5.40. The maximum absolute atomic E-state index is 13.4. The molecule has 0 radical (unpaired) electrons. The Morgan fingerprint density at radius 3 is 2.48 bits per heavy atom. The monoisotopic (exact) mass is 616 g/mol. The van der Waals surface area contributed by atoms with Gasteiger partial charge in [-0.15, -0.1) is 0 Å². The summed E-state index contributed by atoms with van der Waals surface area (Å²) >= 11 is 6.44. The lowest BCUT2D eigenvalue weighted by Crippen LogP contribution is -2.39. The van der Waals surface area contributed by atoms with E-state index < -0.39 is 21.7 Å². The van der Waals surface area contributed by atoms with Gasteiger partial charge in [0.05, 0.1) is 36.4 Å². The van der Waals surface area contributed by atoms with Crippen molar-refractivity contribution in [2.24, 2.45) is 0 Å². The fourth-order valence-corrected chi connectivity index (χ4v) is 7.18. The summed E-state index contributed by atoms with van der Waals surface area (Å²) in [5.74, 6) is 1.12. The first-order valence-corrected chi connectivity index (χ1v) is 15.7. The van der Waals surface area contributed by atoms with Crippen molar-refractivity contribution in [1.29, 1.82) is 0 Å². The number of methoxy groups -OCH3 is 1. The van der Waals surface area contributed by atoms with E-state index in [0.717, 1.165) is 25.9 Å². The molecule has 0 aliphatic carbocycles. The van der Waals surface area contributed by atoms with E-state index in [9.17, 15) is 18.6 Å². The Balaban J connectivity index is 1.38. The molecular weight excluding hydrogens is 580 g/mol. The molecule has 3 heterocycles. The SMILES string of the molecule is COc1cc2c(cc1Nc1ncc(Cl)c(Nc3ccccc3S(=O)(=O)N3CC[C@H](O)C3)n1)CCN(CC(C)(C)O)CC2. The fraction of sp³-hybridized carbons (Fsp3) is 0.448. The van der Waals surface area contributed by atoms with E-state index in [4.69, 9.17) is 16.3 Å². The van der Waals surface area contributed by atoms with E-state index in [1.54, 1.807) is 25.3 Å². The Bertz CT molecular complexity index is 1550. The third-order valence-electron chi connectivity index (χ3n) is 7.40. The van der Waals surface area contributed by atoms with Gasteiger partial charge >= 0.3 is 0 Å². The molecule has 13 heteroatoms. The number of para-hydroxylation sites is 1. The molecule has 1 aromatic heterocycles. The number of rotatable bonds is 9. The van der Waals surface area contributed by atoms with Gasteiger partial charge in [-0.3, -0.25) is 4.90 Å². The Morgan fingerprint density at radius 2 is 1.81 bits per heavy atom. The van der Waals surface area contributed by atoms with Gasteiger partial charge in [0.15, 0.2) is 5.82 Å². The van der Waals surface area contributed by atoms with Gasteiger partial charge in [-0.25, -0.2) is 13.4 Å². The van der Waals surface area contributed by atoms with Crippen LogP contribution in [0.5, 0.6) is 5.75 Å². The Hall–Kier alpha value is -3.00. The number of nitrogens with one attached hydrogen (secondary N) is 2. The van der Waals surface area contributed by atoms with Crippen LogP contribution in [-0.2, 0) is 22.9 Å². The number of hydrogen-bond acceptors (Lipinski definition) is 10. The minimum Gasteiger partial charge on any atom is -0.495 e. The van der Waals surface area contributed by atoms with Gasteiger partial charge in [-0.05, 0) is 68.5 Å². The maximum atomic E-state index is 13.4. The van der Waals surface area contributed by atoms with Crippen LogP contribution >= 0.6 is 11.6 Å². The summed E-state index contributed by atoms with van der Waals surface area (Å²) in [4.78, 5) is 11.2. The molecule has 1 saturated heterocycles. The molecule has 2 aliphatic rings. The first kappa shape index (κ1) is 30.5. The number of aliphatic hydroxyl groups excluding tert-OH is 1. The number of hydrogen-bond donors (Lipinski definition) is 4. The van der Waals surface area contributed by atoms with Crippen molar-refractivity contribution >= 4 is 44.8 Å². The van der Waals surface area contributed by atoms with Gasteiger partial charge in [0, 0.05) is 32.7 Å². The second kappa shape index (κ2) is 12.3. The number of benzene rings is 2. The molecule has 42 heavy (non-hydrogen) atoms. The molecule has 4 N–H and O–H groups in total. The zero-order chi connectivity index (χ0) is 30.1. The Kier molecular flexibility index (Phi) is 8.93. The lowest BCUT2D eigenvalue weighted by molar-refractivity contribution is 0.0376. The minimum absolute atomic E-state index is 0.0546. The highest BCUT2D eigenvalue weighted by Gasteiger charge is 2.33. The van der Waals surface area contributed by atoms with Crippen LogP contribution in [0.1, 0.15) is 31.4 Å². The first-order chi connectivity index (χ1) is 19.9. The van der Waals surface area contributed by atoms with Crippen LogP contribution in [0, 0.1) is 0 Å². The molecule has 5 rings (SSSR count). The van der Waals surface area contributed by atoms with Gasteiger partial charge in [-0.2, -0.15) is 9.29 Å². The molecule has 2 aromatic carbocycles. The van der Waals surface area contributed by atoms with Crippen molar-refractivity contribution in [2.75, 3.05) is 50.5 Å². The number of aliphatic hydroxyl groups is 2. The van der Waals surface area contributed by atoms with Crippen LogP contribution in [0.2, 0.25) is 5.02 Å². The van der Waals surface area contributed by atoms with Crippen molar-refractivity contribution in [3.05, 3.63) is 58.7 Å².